The molecule has 0 radical (unpaired) electrons. The van der Waals surface area contributed by atoms with Crippen LogP contribution in [-0.4, -0.2) is 0 Å². The van der Waals surface area contributed by atoms with Gasteiger partial charge in [-0.2, -0.15) is 0 Å². The predicted octanol–water partition coefficient (Wildman–Crippen LogP) is 11.0. The highest BCUT2D eigenvalue weighted by Gasteiger charge is 2.20. The first-order valence-electron chi connectivity index (χ1n) is 13.6. The first-order valence-corrected chi connectivity index (χ1v) is 13.6. The maximum atomic E-state index is 6.76. The largest absolute Gasteiger partial charge is 0.453 e. The molecular weight excluding hydrogens is 486 g/mol. The topological polar surface area (TPSA) is 16.4 Å². The van der Waals surface area contributed by atoms with Crippen LogP contribution < -0.4 is 4.90 Å². The van der Waals surface area contributed by atoms with Crippen molar-refractivity contribution in [2.24, 2.45) is 0 Å². The van der Waals surface area contributed by atoms with Gasteiger partial charge in [-0.15, -0.1) is 0 Å². The van der Waals surface area contributed by atoms with Crippen LogP contribution in [0.25, 0.3) is 54.6 Å². The van der Waals surface area contributed by atoms with Gasteiger partial charge in [0, 0.05) is 27.5 Å². The van der Waals surface area contributed by atoms with E-state index < -0.39 is 0 Å². The van der Waals surface area contributed by atoms with Gasteiger partial charge in [0.1, 0.15) is 5.58 Å². The lowest BCUT2D eigenvalue weighted by molar-refractivity contribution is 0.673. The Morgan fingerprint density at radius 2 is 1.00 bits per heavy atom. The normalized spacial score (nSPS) is 11.5. The number of hydrogen-bond donors (Lipinski definition) is 0. The summed E-state index contributed by atoms with van der Waals surface area (Å²) in [4.78, 5) is 2.31. The minimum absolute atomic E-state index is 0.883. The summed E-state index contributed by atoms with van der Waals surface area (Å²) in [6.45, 7) is 0. The van der Waals surface area contributed by atoms with Crippen molar-refractivity contribution in [2.75, 3.05) is 4.90 Å². The Balaban J connectivity index is 1.37. The van der Waals surface area contributed by atoms with E-state index in [9.17, 15) is 0 Å². The third-order valence-corrected chi connectivity index (χ3v) is 7.83. The number of furan rings is 1. The van der Waals surface area contributed by atoms with E-state index in [0.29, 0.717) is 0 Å². The van der Waals surface area contributed by atoms with Crippen molar-refractivity contribution in [1.29, 1.82) is 0 Å². The highest BCUT2D eigenvalue weighted by atomic mass is 16.3. The molecule has 8 aromatic rings. The summed E-state index contributed by atoms with van der Waals surface area (Å²) in [6, 6.07) is 53.7. The molecule has 0 saturated carbocycles. The molecule has 40 heavy (non-hydrogen) atoms. The Bertz CT molecular complexity index is 2160. The Labute approximate surface area is 232 Å². The summed E-state index contributed by atoms with van der Waals surface area (Å²) >= 11 is 0. The van der Waals surface area contributed by atoms with Gasteiger partial charge in [0.15, 0.2) is 5.58 Å². The van der Waals surface area contributed by atoms with Gasteiger partial charge in [0.2, 0.25) is 0 Å². The van der Waals surface area contributed by atoms with Gasteiger partial charge in [-0.25, -0.2) is 0 Å². The molecule has 0 saturated heterocycles. The van der Waals surface area contributed by atoms with Crippen LogP contribution in [0, 0.1) is 0 Å². The van der Waals surface area contributed by atoms with Crippen molar-refractivity contribution in [3.05, 3.63) is 152 Å². The lowest BCUT2D eigenvalue weighted by Crippen LogP contribution is -2.10. The van der Waals surface area contributed by atoms with E-state index in [0.717, 1.165) is 44.4 Å². The average molecular weight is 512 g/mol. The average Bonchev–Trinajstić information content (AvgIpc) is 3.42. The molecule has 0 spiro atoms. The quantitative estimate of drug-likeness (QED) is 0.234. The molecule has 8 rings (SSSR count). The summed E-state index contributed by atoms with van der Waals surface area (Å²) in [6.07, 6.45) is 0. The van der Waals surface area contributed by atoms with Gasteiger partial charge in [-0.3, -0.25) is 0 Å². The fourth-order valence-corrected chi connectivity index (χ4v) is 5.86. The van der Waals surface area contributed by atoms with Crippen molar-refractivity contribution in [1.82, 2.24) is 0 Å². The fraction of sp³-hybridized carbons (Fsp3) is 0. The predicted molar refractivity (Wildman–Crippen MR) is 169 cm³/mol. The summed E-state index contributed by atoms with van der Waals surface area (Å²) in [7, 11) is 0. The van der Waals surface area contributed by atoms with Gasteiger partial charge < -0.3 is 9.32 Å². The minimum Gasteiger partial charge on any atom is -0.453 e. The highest BCUT2D eigenvalue weighted by Crippen LogP contribution is 2.44. The molecule has 2 heteroatoms. The molecule has 7 aromatic carbocycles. The van der Waals surface area contributed by atoms with Crippen LogP contribution in [0.3, 0.4) is 0 Å². The Morgan fingerprint density at radius 3 is 1.85 bits per heavy atom. The van der Waals surface area contributed by atoms with E-state index in [1.54, 1.807) is 0 Å². The summed E-state index contributed by atoms with van der Waals surface area (Å²) < 4.78 is 6.76. The molecular formula is C38H25NO. The van der Waals surface area contributed by atoms with E-state index in [2.05, 4.69) is 157 Å². The smallest absolute Gasteiger partial charge is 0.159 e. The molecule has 0 N–H and O–H groups in total. The fourth-order valence-electron chi connectivity index (χ4n) is 5.86. The van der Waals surface area contributed by atoms with Gasteiger partial charge in [0.25, 0.3) is 0 Å². The summed E-state index contributed by atoms with van der Waals surface area (Å²) in [5, 5.41) is 6.98. The van der Waals surface area contributed by atoms with E-state index in [1.165, 1.54) is 27.3 Å². The molecule has 0 amide bonds. The minimum atomic E-state index is 0.883. The number of hydrogen-bond acceptors (Lipinski definition) is 2. The molecule has 1 heterocycles. The zero-order valence-electron chi connectivity index (χ0n) is 21.8. The monoisotopic (exact) mass is 511 g/mol. The van der Waals surface area contributed by atoms with Crippen molar-refractivity contribution in [3.63, 3.8) is 0 Å². The van der Waals surface area contributed by atoms with E-state index in [4.69, 9.17) is 4.42 Å². The van der Waals surface area contributed by atoms with Crippen LogP contribution in [0.4, 0.5) is 17.1 Å². The molecule has 1 aromatic heterocycles. The second kappa shape index (κ2) is 9.14. The SMILES string of the molecule is c1ccc(-c2ccc(N(c3ccc4ccccc4c3)c3cccc4c3oc3c5ccccc5ccc43)cc2)cc1. The molecule has 2 nitrogen and oxygen atoms in total. The first-order chi connectivity index (χ1) is 19.8. The maximum absolute atomic E-state index is 6.76. The Hall–Kier alpha value is -5.34. The Kier molecular flexibility index (Phi) is 5.17. The van der Waals surface area contributed by atoms with E-state index >= 15 is 0 Å². The van der Waals surface area contributed by atoms with Crippen molar-refractivity contribution >= 4 is 60.5 Å². The van der Waals surface area contributed by atoms with Crippen LogP contribution in [0.1, 0.15) is 0 Å². The zero-order valence-corrected chi connectivity index (χ0v) is 21.8. The highest BCUT2D eigenvalue weighted by molar-refractivity contribution is 6.17. The van der Waals surface area contributed by atoms with Crippen LogP contribution in [0.2, 0.25) is 0 Å². The van der Waals surface area contributed by atoms with Crippen molar-refractivity contribution < 1.29 is 4.42 Å². The molecule has 0 aliphatic heterocycles. The summed E-state index contributed by atoms with van der Waals surface area (Å²) in [5.74, 6) is 0. The molecule has 0 bridgehead atoms. The molecule has 0 atom stereocenters. The molecule has 188 valence electrons. The van der Waals surface area contributed by atoms with E-state index in [-0.39, 0.29) is 0 Å². The molecule has 0 aliphatic carbocycles. The molecule has 0 fully saturated rings. The second-order valence-corrected chi connectivity index (χ2v) is 10.2. The van der Waals surface area contributed by atoms with E-state index in [1.807, 2.05) is 0 Å². The van der Waals surface area contributed by atoms with Gasteiger partial charge >= 0.3 is 0 Å². The number of anilines is 3. The standard InChI is InChI=1S/C38H25NO/c1-2-9-26(10-3-1)28-17-21-31(22-18-28)39(32-23-19-27-11-4-5-13-30(27)25-32)36-16-8-15-34-35-24-20-29-12-6-7-14-33(29)37(35)40-38(34)36/h1-25H. The second-order valence-electron chi connectivity index (χ2n) is 10.2. The molecule has 0 unspecified atom stereocenters. The first kappa shape index (κ1) is 22.6. The third kappa shape index (κ3) is 3.65. The van der Waals surface area contributed by atoms with Gasteiger partial charge in [-0.1, -0.05) is 115 Å². The van der Waals surface area contributed by atoms with Crippen molar-refractivity contribution in [3.8, 4) is 11.1 Å². The van der Waals surface area contributed by atoms with Crippen molar-refractivity contribution in [2.45, 2.75) is 0 Å². The number of para-hydroxylation sites is 1. The Morgan fingerprint density at radius 1 is 0.375 bits per heavy atom. The van der Waals surface area contributed by atoms with Crippen LogP contribution in [0.5, 0.6) is 0 Å². The van der Waals surface area contributed by atoms with Gasteiger partial charge in [0.05, 0.1) is 5.69 Å². The van der Waals surface area contributed by atoms with Crippen LogP contribution in [0.15, 0.2) is 156 Å². The number of fused-ring (bicyclic) bond motifs is 6. The van der Waals surface area contributed by atoms with Crippen LogP contribution >= 0.6 is 0 Å². The number of nitrogens with zero attached hydrogens (tertiary/aromatic N) is 1. The number of rotatable bonds is 4. The van der Waals surface area contributed by atoms with Gasteiger partial charge in [-0.05, 0) is 63.7 Å². The lowest BCUT2D eigenvalue weighted by Gasteiger charge is -2.26. The third-order valence-electron chi connectivity index (χ3n) is 7.83. The lowest BCUT2D eigenvalue weighted by atomic mass is 10.0. The zero-order chi connectivity index (χ0) is 26.5. The van der Waals surface area contributed by atoms with Crippen LogP contribution in [-0.2, 0) is 0 Å². The summed E-state index contributed by atoms with van der Waals surface area (Å²) in [5.41, 5.74) is 7.39. The molecule has 0 aliphatic rings. The number of benzene rings is 7. The maximum Gasteiger partial charge on any atom is 0.159 e.